The smallest absolute Gasteiger partial charge is 0.274 e. The van der Waals surface area contributed by atoms with Crippen molar-refractivity contribution < 1.29 is 4.79 Å². The van der Waals surface area contributed by atoms with Gasteiger partial charge < -0.3 is 15.5 Å². The molecular formula is C19H25N5O. The molecule has 1 aromatic heterocycles. The van der Waals surface area contributed by atoms with E-state index in [1.54, 1.807) is 12.3 Å². The highest BCUT2D eigenvalue weighted by Gasteiger charge is 2.12. The van der Waals surface area contributed by atoms with Crippen LogP contribution in [0.25, 0.3) is 0 Å². The van der Waals surface area contributed by atoms with E-state index >= 15 is 0 Å². The third-order valence-electron chi connectivity index (χ3n) is 4.15. The van der Waals surface area contributed by atoms with Gasteiger partial charge in [0.2, 0.25) is 5.95 Å². The predicted molar refractivity (Wildman–Crippen MR) is 101 cm³/mol. The maximum absolute atomic E-state index is 12.4. The van der Waals surface area contributed by atoms with Crippen molar-refractivity contribution in [1.82, 2.24) is 9.97 Å². The lowest BCUT2D eigenvalue weighted by atomic mass is 10.1. The van der Waals surface area contributed by atoms with Crippen LogP contribution in [0.15, 0.2) is 36.5 Å². The van der Waals surface area contributed by atoms with Gasteiger partial charge in [-0.05, 0) is 63.4 Å². The summed E-state index contributed by atoms with van der Waals surface area (Å²) >= 11 is 0. The van der Waals surface area contributed by atoms with Crippen LogP contribution in [-0.2, 0) is 0 Å². The van der Waals surface area contributed by atoms with E-state index in [1.165, 1.54) is 24.9 Å². The fraction of sp³-hybridized carbons (Fsp3) is 0.421. The Balaban J connectivity index is 1.64. The van der Waals surface area contributed by atoms with Crippen LogP contribution < -0.4 is 15.5 Å². The first-order valence-corrected chi connectivity index (χ1v) is 8.88. The molecule has 0 radical (unpaired) electrons. The summed E-state index contributed by atoms with van der Waals surface area (Å²) in [5.74, 6) is 0.225. The average Bonchev–Trinajstić information content (AvgIpc) is 2.63. The number of hydrogen-bond donors (Lipinski definition) is 2. The summed E-state index contributed by atoms with van der Waals surface area (Å²) in [7, 11) is 0. The molecule has 1 fully saturated rings. The Morgan fingerprint density at radius 2 is 1.80 bits per heavy atom. The summed E-state index contributed by atoms with van der Waals surface area (Å²) in [4.78, 5) is 23.2. The monoisotopic (exact) mass is 339 g/mol. The van der Waals surface area contributed by atoms with Gasteiger partial charge in [0.15, 0.2) is 0 Å². The van der Waals surface area contributed by atoms with E-state index in [2.05, 4.69) is 37.6 Å². The molecule has 0 saturated carbocycles. The number of piperidine rings is 1. The van der Waals surface area contributed by atoms with Gasteiger partial charge in [-0.3, -0.25) is 4.79 Å². The number of aromatic nitrogens is 2. The number of nitrogens with zero attached hydrogens (tertiary/aromatic N) is 3. The van der Waals surface area contributed by atoms with Gasteiger partial charge in [-0.1, -0.05) is 0 Å². The fourth-order valence-electron chi connectivity index (χ4n) is 2.92. The van der Waals surface area contributed by atoms with Crippen LogP contribution in [-0.4, -0.2) is 35.0 Å². The van der Waals surface area contributed by atoms with Gasteiger partial charge in [0, 0.05) is 36.7 Å². The van der Waals surface area contributed by atoms with Gasteiger partial charge in [-0.15, -0.1) is 0 Å². The highest BCUT2D eigenvalue weighted by Crippen LogP contribution is 2.22. The minimum atomic E-state index is -0.236. The van der Waals surface area contributed by atoms with Crippen LogP contribution in [0.2, 0.25) is 0 Å². The van der Waals surface area contributed by atoms with E-state index in [0.717, 1.165) is 18.8 Å². The second-order valence-corrected chi connectivity index (χ2v) is 6.61. The Labute approximate surface area is 148 Å². The van der Waals surface area contributed by atoms with Crippen molar-refractivity contribution in [3.05, 3.63) is 42.2 Å². The standard InChI is InChI=1S/C19H25N5O/c1-14(2)21-19-20-11-10-17(23-19)18(25)22-15-6-8-16(9-7-15)24-12-4-3-5-13-24/h6-11,14H,3-5,12-13H2,1-2H3,(H,22,25)(H,20,21,23). The third kappa shape index (κ3) is 4.68. The van der Waals surface area contributed by atoms with Crippen LogP contribution in [0.1, 0.15) is 43.6 Å². The Morgan fingerprint density at radius 3 is 2.48 bits per heavy atom. The highest BCUT2D eigenvalue weighted by molar-refractivity contribution is 6.03. The molecule has 3 rings (SSSR count). The summed E-state index contributed by atoms with van der Waals surface area (Å²) < 4.78 is 0. The molecule has 0 spiro atoms. The van der Waals surface area contributed by atoms with Crippen molar-refractivity contribution in [2.75, 3.05) is 28.6 Å². The highest BCUT2D eigenvalue weighted by atomic mass is 16.1. The van der Waals surface area contributed by atoms with E-state index < -0.39 is 0 Å². The second-order valence-electron chi connectivity index (χ2n) is 6.61. The number of hydrogen-bond acceptors (Lipinski definition) is 5. The molecule has 1 saturated heterocycles. The molecule has 0 bridgehead atoms. The first-order valence-electron chi connectivity index (χ1n) is 8.88. The SMILES string of the molecule is CC(C)Nc1nccc(C(=O)Nc2ccc(N3CCCCC3)cc2)n1. The average molecular weight is 339 g/mol. The number of anilines is 3. The van der Waals surface area contributed by atoms with Crippen LogP contribution in [0.4, 0.5) is 17.3 Å². The van der Waals surface area contributed by atoms with Crippen LogP contribution in [0, 0.1) is 0 Å². The molecule has 2 N–H and O–H groups in total. The molecule has 1 aliphatic rings. The first kappa shape index (κ1) is 17.2. The molecule has 6 heteroatoms. The topological polar surface area (TPSA) is 70.2 Å². The summed E-state index contributed by atoms with van der Waals surface area (Å²) in [6.07, 6.45) is 5.40. The lowest BCUT2D eigenvalue weighted by Crippen LogP contribution is -2.29. The number of carbonyl (C=O) groups excluding carboxylic acids is 1. The lowest BCUT2D eigenvalue weighted by molar-refractivity contribution is 0.102. The van der Waals surface area contributed by atoms with Crippen molar-refractivity contribution in [1.29, 1.82) is 0 Å². The van der Waals surface area contributed by atoms with E-state index in [-0.39, 0.29) is 11.9 Å². The molecule has 2 aromatic rings. The molecule has 0 atom stereocenters. The van der Waals surface area contributed by atoms with Crippen molar-refractivity contribution in [3.63, 3.8) is 0 Å². The van der Waals surface area contributed by atoms with Gasteiger partial charge in [0.05, 0.1) is 0 Å². The first-order chi connectivity index (χ1) is 12.1. The van der Waals surface area contributed by atoms with Crippen LogP contribution >= 0.6 is 0 Å². The maximum Gasteiger partial charge on any atom is 0.274 e. The Morgan fingerprint density at radius 1 is 1.08 bits per heavy atom. The molecule has 1 aromatic carbocycles. The summed E-state index contributed by atoms with van der Waals surface area (Å²) in [5.41, 5.74) is 2.32. The number of amides is 1. The number of carbonyl (C=O) groups is 1. The number of nitrogens with one attached hydrogen (secondary N) is 2. The van der Waals surface area contributed by atoms with Crippen molar-refractivity contribution in [2.45, 2.75) is 39.2 Å². The molecule has 0 unspecified atom stereocenters. The van der Waals surface area contributed by atoms with E-state index in [4.69, 9.17) is 0 Å². The largest absolute Gasteiger partial charge is 0.372 e. The molecule has 1 amide bonds. The zero-order valence-corrected chi connectivity index (χ0v) is 14.8. The Bertz CT molecular complexity index is 708. The molecule has 0 aliphatic carbocycles. The Kier molecular flexibility index (Phi) is 5.48. The fourth-order valence-corrected chi connectivity index (χ4v) is 2.92. The van der Waals surface area contributed by atoms with Crippen LogP contribution in [0.3, 0.4) is 0 Å². The normalized spacial score (nSPS) is 14.4. The number of rotatable bonds is 5. The van der Waals surface area contributed by atoms with Crippen molar-refractivity contribution >= 4 is 23.2 Å². The number of benzene rings is 1. The van der Waals surface area contributed by atoms with Gasteiger partial charge in [-0.2, -0.15) is 0 Å². The van der Waals surface area contributed by atoms with Gasteiger partial charge >= 0.3 is 0 Å². The quantitative estimate of drug-likeness (QED) is 0.872. The molecular weight excluding hydrogens is 314 g/mol. The molecule has 1 aliphatic heterocycles. The summed E-state index contributed by atoms with van der Waals surface area (Å²) in [6, 6.07) is 9.83. The molecule has 6 nitrogen and oxygen atoms in total. The van der Waals surface area contributed by atoms with Crippen molar-refractivity contribution in [3.8, 4) is 0 Å². The minimum Gasteiger partial charge on any atom is -0.372 e. The molecule has 25 heavy (non-hydrogen) atoms. The van der Waals surface area contributed by atoms with Gasteiger partial charge in [0.1, 0.15) is 5.69 Å². The molecule has 2 heterocycles. The summed E-state index contributed by atoms with van der Waals surface area (Å²) in [5, 5.41) is 5.99. The minimum absolute atomic E-state index is 0.209. The maximum atomic E-state index is 12.4. The predicted octanol–water partition coefficient (Wildman–Crippen LogP) is 3.54. The third-order valence-corrected chi connectivity index (χ3v) is 4.15. The van der Waals surface area contributed by atoms with Gasteiger partial charge in [-0.25, -0.2) is 9.97 Å². The van der Waals surface area contributed by atoms with E-state index in [0.29, 0.717) is 11.6 Å². The van der Waals surface area contributed by atoms with E-state index in [9.17, 15) is 4.79 Å². The Hall–Kier alpha value is -2.63. The second kappa shape index (κ2) is 7.96. The summed E-state index contributed by atoms with van der Waals surface area (Å²) in [6.45, 7) is 6.22. The lowest BCUT2D eigenvalue weighted by Gasteiger charge is -2.28. The zero-order chi connectivity index (χ0) is 17.6. The van der Waals surface area contributed by atoms with Gasteiger partial charge in [0.25, 0.3) is 5.91 Å². The van der Waals surface area contributed by atoms with E-state index in [1.807, 2.05) is 26.0 Å². The van der Waals surface area contributed by atoms with Crippen molar-refractivity contribution in [2.24, 2.45) is 0 Å². The molecule has 132 valence electrons. The zero-order valence-electron chi connectivity index (χ0n) is 14.8. The van der Waals surface area contributed by atoms with Crippen LogP contribution in [0.5, 0.6) is 0 Å².